The van der Waals surface area contributed by atoms with Gasteiger partial charge < -0.3 is 14.3 Å². The summed E-state index contributed by atoms with van der Waals surface area (Å²) in [4.78, 5) is 29.9. The Labute approximate surface area is 223 Å². The van der Waals surface area contributed by atoms with Crippen LogP contribution in [0.15, 0.2) is 40.4 Å². The van der Waals surface area contributed by atoms with Gasteiger partial charge in [0, 0.05) is 43.5 Å². The summed E-state index contributed by atoms with van der Waals surface area (Å²) in [6.07, 6.45) is 5.15. The van der Waals surface area contributed by atoms with Crippen LogP contribution in [0.4, 0.5) is 5.69 Å². The molecule has 0 bridgehead atoms. The van der Waals surface area contributed by atoms with Crippen molar-refractivity contribution in [1.82, 2.24) is 14.5 Å². The van der Waals surface area contributed by atoms with Gasteiger partial charge in [0.15, 0.2) is 0 Å². The molecule has 9 heteroatoms. The molecule has 9 nitrogen and oxygen atoms in total. The summed E-state index contributed by atoms with van der Waals surface area (Å²) in [5.41, 5.74) is 3.86. The first-order valence-corrected chi connectivity index (χ1v) is 12.8. The minimum Gasteiger partial charge on any atom is -0.390 e. The summed E-state index contributed by atoms with van der Waals surface area (Å²) in [6, 6.07) is 11.5. The zero-order valence-corrected chi connectivity index (χ0v) is 22.8. The summed E-state index contributed by atoms with van der Waals surface area (Å²) in [5.74, 6) is 0.184. The molecule has 0 amide bonds. The molecule has 0 N–H and O–H groups in total. The molecule has 38 heavy (non-hydrogen) atoms. The smallest absolute Gasteiger partial charge is 0.270 e. The van der Waals surface area contributed by atoms with Gasteiger partial charge in [0.2, 0.25) is 0 Å². The van der Waals surface area contributed by atoms with Crippen LogP contribution in [0.1, 0.15) is 69.0 Å². The topological polar surface area (TPSA) is 120 Å². The van der Waals surface area contributed by atoms with Gasteiger partial charge in [0.25, 0.3) is 5.56 Å². The van der Waals surface area contributed by atoms with Crippen LogP contribution < -0.4 is 10.5 Å². The van der Waals surface area contributed by atoms with E-state index in [1.54, 1.807) is 25.4 Å². The standard InChI is InChI=1S/C29H33N7O2/c1-18-22(8-7-15-32-18)25(34-38-29(2,3)4)19-9-12-21(13-10-19)35(5)27-23(17-31)28(37)36(6)24-14-11-20(16-30)33-26(24)27/h7-8,11,14-15,19,21H,9-10,12-13H2,1-6H3/b34-25-. The lowest BCUT2D eigenvalue weighted by Crippen LogP contribution is -2.39. The minimum atomic E-state index is -0.414. The molecule has 0 unspecified atom stereocenters. The number of nitriles is 2. The zero-order chi connectivity index (χ0) is 27.6. The molecule has 4 rings (SSSR count). The van der Waals surface area contributed by atoms with E-state index in [-0.39, 0.29) is 28.8 Å². The molecule has 0 aliphatic heterocycles. The van der Waals surface area contributed by atoms with E-state index in [0.717, 1.165) is 42.7 Å². The molecule has 1 saturated carbocycles. The van der Waals surface area contributed by atoms with Gasteiger partial charge in [-0.2, -0.15) is 10.5 Å². The highest BCUT2D eigenvalue weighted by atomic mass is 16.6. The van der Waals surface area contributed by atoms with Crippen LogP contribution in [0.25, 0.3) is 11.0 Å². The van der Waals surface area contributed by atoms with Gasteiger partial charge in [0.05, 0.1) is 16.9 Å². The van der Waals surface area contributed by atoms with Crippen LogP contribution in [-0.2, 0) is 11.9 Å². The Morgan fingerprint density at radius 2 is 1.87 bits per heavy atom. The van der Waals surface area contributed by atoms with Crippen molar-refractivity contribution < 1.29 is 4.84 Å². The normalized spacial score (nSPS) is 18.1. The van der Waals surface area contributed by atoms with E-state index < -0.39 is 5.60 Å². The number of nitrogens with zero attached hydrogens (tertiary/aromatic N) is 7. The second-order valence-corrected chi connectivity index (χ2v) is 10.8. The van der Waals surface area contributed by atoms with E-state index in [9.17, 15) is 15.3 Å². The van der Waals surface area contributed by atoms with Crippen molar-refractivity contribution in [2.24, 2.45) is 18.1 Å². The first-order valence-electron chi connectivity index (χ1n) is 12.8. The van der Waals surface area contributed by atoms with Crippen LogP contribution in [0, 0.1) is 35.5 Å². The minimum absolute atomic E-state index is 0.0408. The number of fused-ring (bicyclic) bond motifs is 1. The maximum atomic E-state index is 13.0. The van der Waals surface area contributed by atoms with Crippen LogP contribution in [-0.4, -0.2) is 38.9 Å². The highest BCUT2D eigenvalue weighted by Gasteiger charge is 2.32. The Bertz CT molecular complexity index is 1530. The van der Waals surface area contributed by atoms with E-state index in [1.165, 1.54) is 4.57 Å². The zero-order valence-electron chi connectivity index (χ0n) is 22.8. The molecular formula is C29H33N7O2. The molecule has 3 heterocycles. The number of rotatable bonds is 5. The fraction of sp³-hybridized carbons (Fsp3) is 0.448. The lowest BCUT2D eigenvalue weighted by molar-refractivity contribution is -0.0000419. The van der Waals surface area contributed by atoms with Crippen molar-refractivity contribution in [1.29, 1.82) is 10.5 Å². The molecule has 3 aromatic rings. The van der Waals surface area contributed by atoms with Crippen LogP contribution in [0.5, 0.6) is 0 Å². The van der Waals surface area contributed by atoms with Gasteiger partial charge in [-0.15, -0.1) is 0 Å². The summed E-state index contributed by atoms with van der Waals surface area (Å²) in [6.45, 7) is 7.91. The van der Waals surface area contributed by atoms with Gasteiger partial charge in [-0.25, -0.2) is 4.98 Å². The first-order chi connectivity index (χ1) is 18.1. The Morgan fingerprint density at radius 1 is 1.16 bits per heavy atom. The van der Waals surface area contributed by atoms with Gasteiger partial charge in [-0.3, -0.25) is 9.78 Å². The highest BCUT2D eigenvalue weighted by molar-refractivity contribution is 6.02. The number of aromatic nitrogens is 3. The van der Waals surface area contributed by atoms with Crippen molar-refractivity contribution in [2.45, 2.75) is 65.0 Å². The molecule has 0 atom stereocenters. The molecular weight excluding hydrogens is 478 g/mol. The number of pyridine rings is 3. The third-order valence-corrected chi connectivity index (χ3v) is 7.13. The summed E-state index contributed by atoms with van der Waals surface area (Å²) in [5, 5.41) is 24.0. The molecule has 1 aliphatic carbocycles. The van der Waals surface area contributed by atoms with Crippen LogP contribution >= 0.6 is 0 Å². The largest absolute Gasteiger partial charge is 0.390 e. The monoisotopic (exact) mass is 511 g/mol. The number of aryl methyl sites for hydroxylation is 2. The average Bonchev–Trinajstić information content (AvgIpc) is 2.90. The average molecular weight is 512 g/mol. The summed E-state index contributed by atoms with van der Waals surface area (Å²) >= 11 is 0. The second-order valence-electron chi connectivity index (χ2n) is 10.8. The highest BCUT2D eigenvalue weighted by Crippen LogP contribution is 2.35. The Morgan fingerprint density at radius 3 is 2.47 bits per heavy atom. The molecule has 0 aromatic carbocycles. The Balaban J connectivity index is 1.67. The van der Waals surface area contributed by atoms with Gasteiger partial charge in [-0.1, -0.05) is 5.16 Å². The molecule has 1 aliphatic rings. The van der Waals surface area contributed by atoms with Crippen molar-refractivity contribution in [3.05, 3.63) is 63.3 Å². The summed E-state index contributed by atoms with van der Waals surface area (Å²) < 4.78 is 1.42. The van der Waals surface area contributed by atoms with Crippen LogP contribution in [0.2, 0.25) is 0 Å². The maximum absolute atomic E-state index is 13.0. The fourth-order valence-corrected chi connectivity index (χ4v) is 5.10. The third-order valence-electron chi connectivity index (χ3n) is 7.13. The SMILES string of the molecule is Cc1ncccc1/C(=N\OC(C)(C)C)C1CCC(N(C)c2c(C#N)c(=O)n(C)c3ccc(C#N)nc23)CC1. The molecule has 0 spiro atoms. The van der Waals surface area contributed by atoms with E-state index >= 15 is 0 Å². The van der Waals surface area contributed by atoms with Crippen molar-refractivity contribution >= 4 is 22.4 Å². The van der Waals surface area contributed by atoms with Crippen molar-refractivity contribution in [3.63, 3.8) is 0 Å². The fourth-order valence-electron chi connectivity index (χ4n) is 5.10. The summed E-state index contributed by atoms with van der Waals surface area (Å²) in [7, 11) is 3.53. The lowest BCUT2D eigenvalue weighted by Gasteiger charge is -2.37. The first kappa shape index (κ1) is 26.8. The third kappa shape index (κ3) is 5.24. The quantitative estimate of drug-likeness (QED) is 0.363. The van der Waals surface area contributed by atoms with Gasteiger partial charge in [0.1, 0.15) is 34.5 Å². The van der Waals surface area contributed by atoms with E-state index in [2.05, 4.69) is 27.3 Å². The molecule has 0 radical (unpaired) electrons. The number of anilines is 1. The lowest BCUT2D eigenvalue weighted by atomic mass is 9.80. The number of oxime groups is 1. The predicted molar refractivity (Wildman–Crippen MR) is 147 cm³/mol. The van der Waals surface area contributed by atoms with Crippen LogP contribution in [0.3, 0.4) is 0 Å². The van der Waals surface area contributed by atoms with E-state index in [0.29, 0.717) is 16.7 Å². The van der Waals surface area contributed by atoms with Gasteiger partial charge in [-0.05, 0) is 77.6 Å². The van der Waals surface area contributed by atoms with E-state index in [4.69, 9.17) is 4.84 Å². The van der Waals surface area contributed by atoms with Gasteiger partial charge >= 0.3 is 0 Å². The Hall–Kier alpha value is -4.24. The molecule has 1 fully saturated rings. The molecule has 3 aromatic heterocycles. The van der Waals surface area contributed by atoms with Crippen molar-refractivity contribution in [2.75, 3.05) is 11.9 Å². The van der Waals surface area contributed by atoms with Crippen molar-refractivity contribution in [3.8, 4) is 12.1 Å². The second kappa shape index (κ2) is 10.6. The number of hydrogen-bond acceptors (Lipinski definition) is 8. The Kier molecular flexibility index (Phi) is 7.50. The predicted octanol–water partition coefficient (Wildman–Crippen LogP) is 4.59. The molecule has 0 saturated heterocycles. The maximum Gasteiger partial charge on any atom is 0.270 e. The van der Waals surface area contributed by atoms with E-state index in [1.807, 2.05) is 51.8 Å². The molecule has 196 valence electrons. The number of hydrogen-bond donors (Lipinski definition) is 0.